The quantitative estimate of drug-likeness (QED) is 0.795. The van der Waals surface area contributed by atoms with Crippen molar-refractivity contribution in [3.05, 3.63) is 17.5 Å². The van der Waals surface area contributed by atoms with Crippen LogP contribution in [-0.4, -0.2) is 40.3 Å². The molecule has 20 heavy (non-hydrogen) atoms. The lowest BCUT2D eigenvalue weighted by Crippen LogP contribution is -2.27. The number of rotatable bonds is 5. The summed E-state index contributed by atoms with van der Waals surface area (Å²) in [5, 5.41) is 12.5. The second-order valence-electron chi connectivity index (χ2n) is 5.04. The molecular weight excluding hydrogens is 258 g/mol. The highest BCUT2D eigenvalue weighted by atomic mass is 16.5. The summed E-state index contributed by atoms with van der Waals surface area (Å²) < 4.78 is 4.94. The molecule has 2 atom stereocenters. The molecule has 2 unspecified atom stereocenters. The summed E-state index contributed by atoms with van der Waals surface area (Å²) >= 11 is 0. The Morgan fingerprint density at radius 1 is 1.55 bits per heavy atom. The molecule has 0 spiro atoms. The Kier molecular flexibility index (Phi) is 4.89. The Labute approximate surface area is 118 Å². The van der Waals surface area contributed by atoms with Gasteiger partial charge in [-0.1, -0.05) is 6.42 Å². The molecule has 6 heteroatoms. The van der Waals surface area contributed by atoms with E-state index in [9.17, 15) is 9.90 Å². The standard InChI is InChI=1S/C14H21N3O3/c1-3-20-13(19)11-7-15-14(16-9(11)2)17-12-6-4-5-10(12)8-18/h7,10,12,18H,3-6,8H2,1-2H3,(H,15,16,17). The van der Waals surface area contributed by atoms with Gasteiger partial charge in [-0.15, -0.1) is 0 Å². The topological polar surface area (TPSA) is 84.3 Å². The van der Waals surface area contributed by atoms with E-state index in [1.165, 1.54) is 6.20 Å². The van der Waals surface area contributed by atoms with Crippen molar-refractivity contribution >= 4 is 11.9 Å². The lowest BCUT2D eigenvalue weighted by atomic mass is 10.1. The number of anilines is 1. The molecule has 6 nitrogen and oxygen atoms in total. The number of nitrogens with one attached hydrogen (secondary N) is 1. The van der Waals surface area contributed by atoms with Crippen LogP contribution >= 0.6 is 0 Å². The summed E-state index contributed by atoms with van der Waals surface area (Å²) in [6.07, 6.45) is 4.62. The Morgan fingerprint density at radius 2 is 2.35 bits per heavy atom. The number of hydrogen-bond donors (Lipinski definition) is 2. The fourth-order valence-electron chi connectivity index (χ4n) is 2.56. The number of aromatic nitrogens is 2. The highest BCUT2D eigenvalue weighted by molar-refractivity contribution is 5.90. The molecule has 1 fully saturated rings. The zero-order valence-electron chi connectivity index (χ0n) is 11.9. The Balaban J connectivity index is 2.07. The first-order valence-corrected chi connectivity index (χ1v) is 7.03. The molecule has 0 aliphatic heterocycles. The number of carbonyl (C=O) groups is 1. The second kappa shape index (κ2) is 6.65. The first-order chi connectivity index (χ1) is 9.65. The van der Waals surface area contributed by atoms with Crippen LogP contribution in [0.15, 0.2) is 6.20 Å². The maximum Gasteiger partial charge on any atom is 0.341 e. The number of aliphatic hydroxyl groups is 1. The van der Waals surface area contributed by atoms with Crippen LogP contribution in [0.5, 0.6) is 0 Å². The van der Waals surface area contributed by atoms with Crippen molar-refractivity contribution in [1.29, 1.82) is 0 Å². The molecule has 1 aliphatic rings. The molecule has 110 valence electrons. The van der Waals surface area contributed by atoms with Crippen LogP contribution < -0.4 is 5.32 Å². The molecule has 1 saturated carbocycles. The van der Waals surface area contributed by atoms with Crippen molar-refractivity contribution in [1.82, 2.24) is 9.97 Å². The summed E-state index contributed by atoms with van der Waals surface area (Å²) in [5.74, 6) is 0.357. The van der Waals surface area contributed by atoms with Gasteiger partial charge < -0.3 is 15.2 Å². The number of hydrogen-bond acceptors (Lipinski definition) is 6. The minimum Gasteiger partial charge on any atom is -0.462 e. The van der Waals surface area contributed by atoms with E-state index < -0.39 is 5.97 Å². The van der Waals surface area contributed by atoms with E-state index in [1.54, 1.807) is 13.8 Å². The SMILES string of the molecule is CCOC(=O)c1cnc(NC2CCCC2CO)nc1C. The van der Waals surface area contributed by atoms with Crippen LogP contribution in [0.3, 0.4) is 0 Å². The minimum absolute atomic E-state index is 0.178. The average molecular weight is 279 g/mol. The van der Waals surface area contributed by atoms with Gasteiger partial charge in [0.25, 0.3) is 0 Å². The first-order valence-electron chi connectivity index (χ1n) is 7.03. The van der Waals surface area contributed by atoms with Crippen LogP contribution in [0.4, 0.5) is 5.95 Å². The van der Waals surface area contributed by atoms with Crippen LogP contribution in [0.1, 0.15) is 42.2 Å². The maximum atomic E-state index is 11.7. The van der Waals surface area contributed by atoms with Gasteiger partial charge >= 0.3 is 5.97 Å². The zero-order valence-corrected chi connectivity index (χ0v) is 11.9. The van der Waals surface area contributed by atoms with Crippen molar-refractivity contribution in [3.8, 4) is 0 Å². The predicted molar refractivity (Wildman–Crippen MR) is 74.6 cm³/mol. The van der Waals surface area contributed by atoms with Gasteiger partial charge in [-0.05, 0) is 26.7 Å². The van der Waals surface area contributed by atoms with E-state index >= 15 is 0 Å². The maximum absolute atomic E-state index is 11.7. The van der Waals surface area contributed by atoms with Gasteiger partial charge in [0.05, 0.1) is 17.9 Å². The van der Waals surface area contributed by atoms with Gasteiger partial charge in [-0.3, -0.25) is 0 Å². The molecule has 1 aliphatic carbocycles. The normalized spacial score (nSPS) is 21.8. The molecule has 2 N–H and O–H groups in total. The smallest absolute Gasteiger partial charge is 0.341 e. The molecule has 0 saturated heterocycles. The summed E-state index contributed by atoms with van der Waals surface area (Å²) in [6.45, 7) is 4.03. The third-order valence-corrected chi connectivity index (χ3v) is 3.68. The minimum atomic E-state index is -0.398. The van der Waals surface area contributed by atoms with Crippen LogP contribution in [0.25, 0.3) is 0 Å². The van der Waals surface area contributed by atoms with Gasteiger partial charge in [0.15, 0.2) is 0 Å². The fourth-order valence-corrected chi connectivity index (χ4v) is 2.56. The van der Waals surface area contributed by atoms with Crippen LogP contribution in [0, 0.1) is 12.8 Å². The highest BCUT2D eigenvalue weighted by Crippen LogP contribution is 2.27. The van der Waals surface area contributed by atoms with Crippen LogP contribution in [-0.2, 0) is 4.74 Å². The van der Waals surface area contributed by atoms with Gasteiger partial charge in [-0.25, -0.2) is 14.8 Å². The Hall–Kier alpha value is -1.69. The second-order valence-corrected chi connectivity index (χ2v) is 5.04. The van der Waals surface area contributed by atoms with Crippen molar-refractivity contribution in [3.63, 3.8) is 0 Å². The fraction of sp³-hybridized carbons (Fsp3) is 0.643. The van der Waals surface area contributed by atoms with Gasteiger partial charge in [0, 0.05) is 24.8 Å². The van der Waals surface area contributed by atoms with Crippen molar-refractivity contribution < 1.29 is 14.6 Å². The number of carbonyl (C=O) groups excluding carboxylic acids is 1. The van der Waals surface area contributed by atoms with E-state index in [0.29, 0.717) is 23.8 Å². The van der Waals surface area contributed by atoms with E-state index in [2.05, 4.69) is 15.3 Å². The van der Waals surface area contributed by atoms with E-state index in [4.69, 9.17) is 4.74 Å². The van der Waals surface area contributed by atoms with E-state index in [0.717, 1.165) is 19.3 Å². The molecular formula is C14H21N3O3. The number of nitrogens with zero attached hydrogens (tertiary/aromatic N) is 2. The summed E-state index contributed by atoms with van der Waals surface area (Å²) in [5.41, 5.74) is 0.988. The molecule has 1 aromatic rings. The number of aryl methyl sites for hydroxylation is 1. The van der Waals surface area contributed by atoms with Crippen LogP contribution in [0.2, 0.25) is 0 Å². The largest absolute Gasteiger partial charge is 0.462 e. The predicted octanol–water partition coefficient (Wildman–Crippen LogP) is 1.53. The molecule has 1 aromatic heterocycles. The molecule has 0 radical (unpaired) electrons. The highest BCUT2D eigenvalue weighted by Gasteiger charge is 2.27. The molecule has 0 aromatic carbocycles. The third-order valence-electron chi connectivity index (χ3n) is 3.68. The Bertz CT molecular complexity index is 479. The summed E-state index contributed by atoms with van der Waals surface area (Å²) in [4.78, 5) is 20.1. The first kappa shape index (κ1) is 14.7. The van der Waals surface area contributed by atoms with Crippen molar-refractivity contribution in [2.75, 3.05) is 18.5 Å². The Morgan fingerprint density at radius 3 is 3.00 bits per heavy atom. The lowest BCUT2D eigenvalue weighted by molar-refractivity contribution is 0.0524. The van der Waals surface area contributed by atoms with E-state index in [-0.39, 0.29) is 18.6 Å². The molecule has 1 heterocycles. The number of aliphatic hydroxyl groups excluding tert-OH is 1. The molecule has 0 amide bonds. The molecule has 2 rings (SSSR count). The number of esters is 1. The van der Waals surface area contributed by atoms with Gasteiger partial charge in [0.2, 0.25) is 5.95 Å². The van der Waals surface area contributed by atoms with Gasteiger partial charge in [-0.2, -0.15) is 0 Å². The third kappa shape index (κ3) is 3.25. The van der Waals surface area contributed by atoms with Crippen molar-refractivity contribution in [2.24, 2.45) is 5.92 Å². The summed E-state index contributed by atoms with van der Waals surface area (Å²) in [7, 11) is 0. The summed E-state index contributed by atoms with van der Waals surface area (Å²) in [6, 6.07) is 0.202. The van der Waals surface area contributed by atoms with Crippen molar-refractivity contribution in [2.45, 2.75) is 39.2 Å². The van der Waals surface area contributed by atoms with E-state index in [1.807, 2.05) is 0 Å². The monoisotopic (exact) mass is 279 g/mol. The molecule has 0 bridgehead atoms. The van der Waals surface area contributed by atoms with Gasteiger partial charge in [0.1, 0.15) is 0 Å². The lowest BCUT2D eigenvalue weighted by Gasteiger charge is -2.19. The average Bonchev–Trinajstić information content (AvgIpc) is 2.86. The number of ether oxygens (including phenoxy) is 1. The zero-order chi connectivity index (χ0) is 14.5.